The molecule has 3 N–H and O–H groups in total. The SMILES string of the molecule is Cc1cc(C)c(NC(=O)C(=O)NCCC(O)c2ccccc2)c(C)c1. The third-order valence-corrected chi connectivity index (χ3v) is 4.01. The summed E-state index contributed by atoms with van der Waals surface area (Å²) in [6, 6.07) is 13.1. The van der Waals surface area contributed by atoms with Crippen molar-refractivity contribution in [2.24, 2.45) is 0 Å². The van der Waals surface area contributed by atoms with Crippen molar-refractivity contribution in [2.45, 2.75) is 33.3 Å². The monoisotopic (exact) mass is 340 g/mol. The number of hydrogen-bond donors (Lipinski definition) is 3. The van der Waals surface area contributed by atoms with Crippen LogP contribution in [0.4, 0.5) is 5.69 Å². The fraction of sp³-hybridized carbons (Fsp3) is 0.300. The number of aryl methyl sites for hydroxylation is 3. The number of nitrogens with one attached hydrogen (secondary N) is 2. The van der Waals surface area contributed by atoms with Crippen LogP contribution in [0.25, 0.3) is 0 Å². The molecule has 5 nitrogen and oxygen atoms in total. The molecule has 2 rings (SSSR count). The van der Waals surface area contributed by atoms with Gasteiger partial charge in [-0.05, 0) is 43.9 Å². The van der Waals surface area contributed by atoms with E-state index in [0.29, 0.717) is 12.1 Å². The minimum Gasteiger partial charge on any atom is -0.388 e. The first-order chi connectivity index (χ1) is 11.9. The maximum Gasteiger partial charge on any atom is 0.313 e. The number of anilines is 1. The molecule has 132 valence electrons. The minimum atomic E-state index is -0.709. The zero-order valence-corrected chi connectivity index (χ0v) is 14.8. The van der Waals surface area contributed by atoms with Gasteiger partial charge in [-0.3, -0.25) is 9.59 Å². The summed E-state index contributed by atoms with van der Waals surface area (Å²) in [6.45, 7) is 5.98. The average molecular weight is 340 g/mol. The molecule has 0 fully saturated rings. The Morgan fingerprint density at radius 2 is 1.60 bits per heavy atom. The third-order valence-electron chi connectivity index (χ3n) is 4.01. The van der Waals surface area contributed by atoms with E-state index in [1.165, 1.54) is 0 Å². The molecular formula is C20H24N2O3. The first-order valence-corrected chi connectivity index (χ1v) is 8.28. The molecule has 1 atom stereocenters. The molecule has 2 amide bonds. The molecule has 0 aromatic heterocycles. The standard InChI is InChI=1S/C20H24N2O3/c1-13-11-14(2)18(15(3)12-13)22-20(25)19(24)21-10-9-17(23)16-7-5-4-6-8-16/h4-8,11-12,17,23H,9-10H2,1-3H3,(H,21,24)(H,22,25). The second-order valence-corrected chi connectivity index (χ2v) is 6.20. The fourth-order valence-corrected chi connectivity index (χ4v) is 2.79. The van der Waals surface area contributed by atoms with Crippen LogP contribution in [0.15, 0.2) is 42.5 Å². The fourth-order valence-electron chi connectivity index (χ4n) is 2.79. The average Bonchev–Trinajstić information content (AvgIpc) is 2.58. The number of amides is 2. The Morgan fingerprint density at radius 3 is 2.20 bits per heavy atom. The lowest BCUT2D eigenvalue weighted by Crippen LogP contribution is -2.36. The zero-order valence-electron chi connectivity index (χ0n) is 14.8. The Kier molecular flexibility index (Phi) is 6.31. The predicted octanol–water partition coefficient (Wildman–Crippen LogP) is 2.79. The van der Waals surface area contributed by atoms with Gasteiger partial charge < -0.3 is 15.7 Å². The Morgan fingerprint density at radius 1 is 1.00 bits per heavy atom. The maximum atomic E-state index is 12.1. The van der Waals surface area contributed by atoms with Crippen molar-refractivity contribution in [2.75, 3.05) is 11.9 Å². The molecule has 25 heavy (non-hydrogen) atoms. The van der Waals surface area contributed by atoms with Gasteiger partial charge in [0, 0.05) is 12.2 Å². The van der Waals surface area contributed by atoms with Gasteiger partial charge in [0.05, 0.1) is 6.10 Å². The van der Waals surface area contributed by atoms with Crippen molar-refractivity contribution >= 4 is 17.5 Å². The lowest BCUT2D eigenvalue weighted by molar-refractivity contribution is -0.136. The quantitative estimate of drug-likeness (QED) is 0.732. The highest BCUT2D eigenvalue weighted by molar-refractivity contribution is 6.39. The molecule has 0 heterocycles. The van der Waals surface area contributed by atoms with Gasteiger partial charge in [0.1, 0.15) is 0 Å². The van der Waals surface area contributed by atoms with Crippen molar-refractivity contribution in [3.63, 3.8) is 0 Å². The van der Waals surface area contributed by atoms with Crippen molar-refractivity contribution in [1.82, 2.24) is 5.32 Å². The van der Waals surface area contributed by atoms with Crippen LogP contribution in [0.5, 0.6) is 0 Å². The molecular weight excluding hydrogens is 316 g/mol. The molecule has 0 aliphatic carbocycles. The van der Waals surface area contributed by atoms with Gasteiger partial charge in [0.25, 0.3) is 0 Å². The van der Waals surface area contributed by atoms with E-state index in [1.807, 2.05) is 63.2 Å². The Bertz CT molecular complexity index is 734. The van der Waals surface area contributed by atoms with Gasteiger partial charge >= 0.3 is 11.8 Å². The molecule has 0 aliphatic heterocycles. The third kappa shape index (κ3) is 5.16. The Hall–Kier alpha value is -2.66. The summed E-state index contributed by atoms with van der Waals surface area (Å²) in [5.74, 6) is -1.41. The second kappa shape index (κ2) is 8.44. The van der Waals surface area contributed by atoms with Crippen molar-refractivity contribution in [3.05, 3.63) is 64.7 Å². The van der Waals surface area contributed by atoms with Crippen LogP contribution in [-0.2, 0) is 9.59 Å². The van der Waals surface area contributed by atoms with E-state index >= 15 is 0 Å². The highest BCUT2D eigenvalue weighted by Crippen LogP contribution is 2.21. The van der Waals surface area contributed by atoms with Gasteiger partial charge in [-0.25, -0.2) is 0 Å². The summed E-state index contributed by atoms with van der Waals surface area (Å²) in [6.07, 6.45) is -0.336. The maximum absolute atomic E-state index is 12.1. The highest BCUT2D eigenvalue weighted by atomic mass is 16.3. The van der Waals surface area contributed by atoms with Gasteiger partial charge in [-0.15, -0.1) is 0 Å². The molecule has 0 radical (unpaired) electrons. The lowest BCUT2D eigenvalue weighted by atomic mass is 10.1. The first kappa shape index (κ1) is 18.7. The van der Waals surface area contributed by atoms with Gasteiger partial charge in [-0.1, -0.05) is 48.0 Å². The van der Waals surface area contributed by atoms with E-state index in [4.69, 9.17) is 0 Å². The molecule has 0 saturated heterocycles. The Labute approximate surface area is 148 Å². The van der Waals surface area contributed by atoms with Crippen molar-refractivity contribution in [3.8, 4) is 0 Å². The number of aliphatic hydroxyl groups is 1. The normalized spacial score (nSPS) is 11.7. The summed E-state index contributed by atoms with van der Waals surface area (Å²) in [7, 11) is 0. The summed E-state index contributed by atoms with van der Waals surface area (Å²) >= 11 is 0. The van der Waals surface area contributed by atoms with Crippen LogP contribution in [-0.4, -0.2) is 23.5 Å². The smallest absolute Gasteiger partial charge is 0.313 e. The van der Waals surface area contributed by atoms with E-state index < -0.39 is 17.9 Å². The van der Waals surface area contributed by atoms with Crippen LogP contribution in [0, 0.1) is 20.8 Å². The minimum absolute atomic E-state index is 0.216. The van der Waals surface area contributed by atoms with Crippen molar-refractivity contribution < 1.29 is 14.7 Å². The lowest BCUT2D eigenvalue weighted by Gasteiger charge is -2.14. The van der Waals surface area contributed by atoms with Crippen LogP contribution < -0.4 is 10.6 Å². The van der Waals surface area contributed by atoms with Crippen LogP contribution in [0.3, 0.4) is 0 Å². The van der Waals surface area contributed by atoms with E-state index in [9.17, 15) is 14.7 Å². The largest absolute Gasteiger partial charge is 0.388 e. The number of carbonyl (C=O) groups excluding carboxylic acids is 2. The summed E-state index contributed by atoms with van der Waals surface area (Å²) < 4.78 is 0. The molecule has 0 bridgehead atoms. The molecule has 0 saturated carbocycles. The number of rotatable bonds is 5. The zero-order chi connectivity index (χ0) is 18.4. The van der Waals surface area contributed by atoms with Crippen LogP contribution in [0.2, 0.25) is 0 Å². The molecule has 5 heteroatoms. The predicted molar refractivity (Wildman–Crippen MR) is 98.3 cm³/mol. The molecule has 0 aliphatic rings. The van der Waals surface area contributed by atoms with E-state index in [1.54, 1.807) is 0 Å². The van der Waals surface area contributed by atoms with Crippen LogP contribution >= 0.6 is 0 Å². The Balaban J connectivity index is 1.86. The summed E-state index contributed by atoms with van der Waals surface area (Å²) in [4.78, 5) is 24.0. The van der Waals surface area contributed by atoms with Gasteiger partial charge in [0.2, 0.25) is 0 Å². The first-order valence-electron chi connectivity index (χ1n) is 8.28. The molecule has 2 aromatic carbocycles. The summed E-state index contributed by atoms with van der Waals surface area (Å²) in [5, 5.41) is 15.3. The topological polar surface area (TPSA) is 78.4 Å². The second-order valence-electron chi connectivity index (χ2n) is 6.20. The van der Waals surface area contributed by atoms with Crippen LogP contribution in [0.1, 0.15) is 34.8 Å². The highest BCUT2D eigenvalue weighted by Gasteiger charge is 2.16. The molecule has 0 spiro atoms. The molecule has 1 unspecified atom stereocenters. The number of hydrogen-bond acceptors (Lipinski definition) is 3. The number of carbonyl (C=O) groups is 2. The van der Waals surface area contributed by atoms with E-state index in [-0.39, 0.29) is 6.54 Å². The van der Waals surface area contributed by atoms with Gasteiger partial charge in [0.15, 0.2) is 0 Å². The number of aliphatic hydroxyl groups excluding tert-OH is 1. The molecule has 2 aromatic rings. The number of benzene rings is 2. The van der Waals surface area contributed by atoms with E-state index in [2.05, 4.69) is 10.6 Å². The van der Waals surface area contributed by atoms with Crippen molar-refractivity contribution in [1.29, 1.82) is 0 Å². The van der Waals surface area contributed by atoms with E-state index in [0.717, 1.165) is 22.3 Å². The van der Waals surface area contributed by atoms with Gasteiger partial charge in [-0.2, -0.15) is 0 Å². The summed E-state index contributed by atoms with van der Waals surface area (Å²) in [5.41, 5.74) is 4.38.